The number of ketones is 2. The molecular formula is C14H15NO2S. The van der Waals surface area contributed by atoms with Crippen molar-refractivity contribution in [2.75, 3.05) is 0 Å². The van der Waals surface area contributed by atoms with Crippen LogP contribution in [0.15, 0.2) is 40.9 Å². The van der Waals surface area contributed by atoms with Gasteiger partial charge in [-0.15, -0.1) is 12.6 Å². The number of carbonyl (C=O) groups is 2. The number of benzene rings is 1. The minimum Gasteiger partial charge on any atom is -0.375 e. The van der Waals surface area contributed by atoms with Crippen molar-refractivity contribution in [1.29, 1.82) is 0 Å². The highest BCUT2D eigenvalue weighted by Gasteiger charge is 2.25. The summed E-state index contributed by atoms with van der Waals surface area (Å²) in [4.78, 5) is 23.4. The van der Waals surface area contributed by atoms with Crippen molar-refractivity contribution in [2.45, 2.75) is 25.8 Å². The number of rotatable bonds is 3. The first-order valence-corrected chi connectivity index (χ1v) is 6.40. The Morgan fingerprint density at radius 3 is 2.33 bits per heavy atom. The summed E-state index contributed by atoms with van der Waals surface area (Å²) in [6, 6.07) is 9.78. The summed E-state index contributed by atoms with van der Waals surface area (Å²) in [6.07, 6.45) is 1.54. The minimum absolute atomic E-state index is 0.100. The first-order valence-electron chi connectivity index (χ1n) is 5.96. The summed E-state index contributed by atoms with van der Waals surface area (Å²) in [5.74, 6) is -0.200. The Morgan fingerprint density at radius 2 is 1.72 bits per heavy atom. The minimum atomic E-state index is -0.100. The molecule has 0 atom stereocenters. The third kappa shape index (κ3) is 3.01. The molecule has 2 rings (SSSR count). The van der Waals surface area contributed by atoms with E-state index < -0.39 is 0 Å². The van der Waals surface area contributed by atoms with Crippen LogP contribution in [0, 0.1) is 0 Å². The van der Waals surface area contributed by atoms with Gasteiger partial charge in [0.1, 0.15) is 0 Å². The molecule has 1 aromatic rings. The lowest BCUT2D eigenvalue weighted by Crippen LogP contribution is -2.24. The molecule has 4 heteroatoms. The molecule has 1 fully saturated rings. The Hall–Kier alpha value is -1.55. The van der Waals surface area contributed by atoms with Crippen LogP contribution in [0.3, 0.4) is 0 Å². The van der Waals surface area contributed by atoms with E-state index in [1.165, 1.54) is 0 Å². The fraction of sp³-hybridized carbons (Fsp3) is 0.286. The molecule has 18 heavy (non-hydrogen) atoms. The molecule has 1 aliphatic carbocycles. The summed E-state index contributed by atoms with van der Waals surface area (Å²) in [5.41, 5.74) is 1.32. The third-order valence-corrected chi connectivity index (χ3v) is 3.29. The zero-order chi connectivity index (χ0) is 13.0. The van der Waals surface area contributed by atoms with E-state index in [0.717, 1.165) is 5.56 Å². The monoisotopic (exact) mass is 261 g/mol. The maximum atomic E-state index is 11.7. The van der Waals surface area contributed by atoms with E-state index in [0.29, 0.717) is 30.8 Å². The van der Waals surface area contributed by atoms with Gasteiger partial charge in [-0.1, -0.05) is 30.3 Å². The lowest BCUT2D eigenvalue weighted by atomic mass is 9.93. The number of carbonyl (C=O) groups excluding carboxylic acids is 2. The van der Waals surface area contributed by atoms with Crippen LogP contribution in [0.2, 0.25) is 0 Å². The van der Waals surface area contributed by atoms with Gasteiger partial charge >= 0.3 is 0 Å². The average molecular weight is 261 g/mol. The van der Waals surface area contributed by atoms with Crippen molar-refractivity contribution < 1.29 is 9.59 Å². The zero-order valence-corrected chi connectivity index (χ0v) is 10.9. The van der Waals surface area contributed by atoms with Crippen molar-refractivity contribution in [3.63, 3.8) is 0 Å². The van der Waals surface area contributed by atoms with E-state index in [-0.39, 0.29) is 17.1 Å². The van der Waals surface area contributed by atoms with Crippen molar-refractivity contribution in [3.05, 3.63) is 46.5 Å². The first kappa shape index (κ1) is 12.9. The molecule has 94 valence electrons. The summed E-state index contributed by atoms with van der Waals surface area (Å²) >= 11 is 4.25. The lowest BCUT2D eigenvalue weighted by Gasteiger charge is -2.15. The van der Waals surface area contributed by atoms with E-state index >= 15 is 0 Å². The van der Waals surface area contributed by atoms with Gasteiger partial charge in [-0.25, -0.2) is 0 Å². The van der Waals surface area contributed by atoms with Crippen molar-refractivity contribution in [3.8, 4) is 0 Å². The van der Waals surface area contributed by atoms with Gasteiger partial charge in [0.15, 0.2) is 11.6 Å². The van der Waals surface area contributed by atoms with Crippen molar-refractivity contribution >= 4 is 24.2 Å². The topological polar surface area (TPSA) is 46.2 Å². The lowest BCUT2D eigenvalue weighted by molar-refractivity contribution is -0.123. The number of hydrogen-bond acceptors (Lipinski definition) is 4. The van der Waals surface area contributed by atoms with Gasteiger partial charge in [-0.3, -0.25) is 9.59 Å². The summed E-state index contributed by atoms with van der Waals surface area (Å²) in [7, 11) is 0. The summed E-state index contributed by atoms with van der Waals surface area (Å²) in [5, 5.41) is 3.43. The summed E-state index contributed by atoms with van der Waals surface area (Å²) < 4.78 is 0. The second kappa shape index (κ2) is 5.87. The van der Waals surface area contributed by atoms with Gasteiger partial charge in [0.25, 0.3) is 0 Å². The Bertz CT molecular complexity index is 476. The smallest absolute Gasteiger partial charge is 0.169 e. The largest absolute Gasteiger partial charge is 0.375 e. The third-order valence-electron chi connectivity index (χ3n) is 2.90. The molecule has 0 aliphatic heterocycles. The van der Waals surface area contributed by atoms with Crippen molar-refractivity contribution in [2.24, 2.45) is 0 Å². The highest BCUT2D eigenvalue weighted by Crippen LogP contribution is 2.20. The van der Waals surface area contributed by atoms with E-state index in [1.807, 2.05) is 30.3 Å². The first-order chi connectivity index (χ1) is 8.68. The van der Waals surface area contributed by atoms with Gasteiger partial charge in [-0.2, -0.15) is 0 Å². The van der Waals surface area contributed by atoms with E-state index in [9.17, 15) is 9.59 Å². The van der Waals surface area contributed by atoms with Crippen LogP contribution in [0.25, 0.3) is 0 Å². The molecule has 1 saturated carbocycles. The molecule has 0 heterocycles. The Labute approximate surface area is 112 Å². The van der Waals surface area contributed by atoms with E-state index in [1.54, 1.807) is 0 Å². The SMILES string of the molecule is O=C1CCCC(=O)C1=C(S)NCc1ccccc1. The molecule has 0 unspecified atom stereocenters. The molecular weight excluding hydrogens is 246 g/mol. The van der Waals surface area contributed by atoms with Crippen LogP contribution in [-0.2, 0) is 16.1 Å². The Balaban J connectivity index is 2.08. The molecule has 0 spiro atoms. The van der Waals surface area contributed by atoms with Gasteiger partial charge in [0.2, 0.25) is 0 Å². The molecule has 0 bridgehead atoms. The molecule has 0 saturated heterocycles. The highest BCUT2D eigenvalue weighted by atomic mass is 32.1. The van der Waals surface area contributed by atoms with Crippen LogP contribution in [0.1, 0.15) is 24.8 Å². The fourth-order valence-corrected chi connectivity index (χ4v) is 2.28. The van der Waals surface area contributed by atoms with Crippen LogP contribution in [0.5, 0.6) is 0 Å². The molecule has 0 aromatic heterocycles. The maximum Gasteiger partial charge on any atom is 0.169 e. The highest BCUT2D eigenvalue weighted by molar-refractivity contribution is 7.84. The fourth-order valence-electron chi connectivity index (χ4n) is 1.95. The average Bonchev–Trinajstić information content (AvgIpc) is 2.37. The number of Topliss-reactive ketones (excluding diaryl/α,β-unsaturated/α-hetero) is 2. The number of hydrogen-bond donors (Lipinski definition) is 2. The number of allylic oxidation sites excluding steroid dienone is 1. The Kier molecular flexibility index (Phi) is 4.20. The van der Waals surface area contributed by atoms with Gasteiger partial charge in [0.05, 0.1) is 10.6 Å². The predicted octanol–water partition coefficient (Wildman–Crippen LogP) is 2.24. The second-order valence-corrected chi connectivity index (χ2v) is 4.71. The normalized spacial score (nSPS) is 15.7. The molecule has 3 nitrogen and oxygen atoms in total. The van der Waals surface area contributed by atoms with Crippen LogP contribution >= 0.6 is 12.6 Å². The maximum absolute atomic E-state index is 11.7. The molecule has 1 N–H and O–H groups in total. The van der Waals surface area contributed by atoms with Gasteiger partial charge in [0, 0.05) is 19.4 Å². The standard InChI is InChI=1S/C14H15NO2S/c16-11-7-4-8-12(17)13(11)14(18)15-9-10-5-2-1-3-6-10/h1-3,5-6,15,18H,4,7-9H2. The van der Waals surface area contributed by atoms with Crippen molar-refractivity contribution in [1.82, 2.24) is 5.32 Å². The van der Waals surface area contributed by atoms with Crippen LogP contribution < -0.4 is 5.32 Å². The predicted molar refractivity (Wildman–Crippen MR) is 73.2 cm³/mol. The quantitative estimate of drug-likeness (QED) is 0.498. The van der Waals surface area contributed by atoms with E-state index in [4.69, 9.17) is 0 Å². The molecule has 1 aromatic carbocycles. The van der Waals surface area contributed by atoms with E-state index in [2.05, 4.69) is 17.9 Å². The zero-order valence-electron chi connectivity index (χ0n) is 9.98. The molecule has 1 aliphatic rings. The van der Waals surface area contributed by atoms with Crippen LogP contribution in [0.4, 0.5) is 0 Å². The second-order valence-electron chi connectivity index (χ2n) is 4.26. The number of thiol groups is 1. The molecule has 0 amide bonds. The number of nitrogens with one attached hydrogen (secondary N) is 1. The van der Waals surface area contributed by atoms with Gasteiger partial charge in [-0.05, 0) is 12.0 Å². The summed E-state index contributed by atoms with van der Waals surface area (Å²) in [6.45, 7) is 0.559. The van der Waals surface area contributed by atoms with Crippen LogP contribution in [-0.4, -0.2) is 11.6 Å². The molecule has 0 radical (unpaired) electrons. The van der Waals surface area contributed by atoms with Gasteiger partial charge < -0.3 is 5.32 Å². The Morgan fingerprint density at radius 1 is 1.11 bits per heavy atom.